The molecule has 1 fully saturated rings. The minimum atomic E-state index is -0.149. The average Bonchev–Trinajstić information content (AvgIpc) is 2.76. The normalized spacial score (nSPS) is 23.4. The van der Waals surface area contributed by atoms with Gasteiger partial charge >= 0.3 is 0 Å². The molecule has 3 aromatic carbocycles. The maximum Gasteiger partial charge on any atom is 0.119 e. The number of nitrogens with zero attached hydrogens (tertiary/aromatic N) is 2. The Hall–Kier alpha value is -2.65. The van der Waals surface area contributed by atoms with Crippen LogP contribution in [0.15, 0.2) is 100 Å². The first-order valence-corrected chi connectivity index (χ1v) is 10.4. The summed E-state index contributed by atoms with van der Waals surface area (Å²) in [4.78, 5) is 7.57. The highest BCUT2D eigenvalue weighted by molar-refractivity contribution is 9.10. The lowest BCUT2D eigenvalue weighted by atomic mass is 9.64. The van der Waals surface area contributed by atoms with Crippen molar-refractivity contribution in [3.05, 3.63) is 112 Å². The number of halogens is 1. The molecule has 2 nitrogen and oxygen atoms in total. The maximum absolute atomic E-state index is 5.14. The van der Waals surface area contributed by atoms with Crippen LogP contribution in [0, 0.1) is 0 Å². The largest absolute Gasteiger partial charge is 0.347 e. The summed E-state index contributed by atoms with van der Waals surface area (Å²) in [7, 11) is 0. The highest BCUT2D eigenvalue weighted by atomic mass is 79.9. The van der Waals surface area contributed by atoms with Crippen molar-refractivity contribution in [2.75, 3.05) is 6.54 Å². The lowest BCUT2D eigenvalue weighted by Crippen LogP contribution is -2.65. The van der Waals surface area contributed by atoms with Gasteiger partial charge in [0.25, 0.3) is 0 Å². The van der Waals surface area contributed by atoms with Crippen LogP contribution in [0.25, 0.3) is 5.70 Å². The van der Waals surface area contributed by atoms with Gasteiger partial charge in [-0.3, -0.25) is 0 Å². The zero-order valence-electron chi connectivity index (χ0n) is 15.7. The van der Waals surface area contributed by atoms with Crippen molar-refractivity contribution < 1.29 is 0 Å². The van der Waals surface area contributed by atoms with Gasteiger partial charge in [0.15, 0.2) is 0 Å². The first-order valence-electron chi connectivity index (χ1n) is 9.60. The summed E-state index contributed by atoms with van der Waals surface area (Å²) in [5, 5.41) is 0. The zero-order valence-corrected chi connectivity index (χ0v) is 17.3. The van der Waals surface area contributed by atoms with Crippen LogP contribution in [-0.4, -0.2) is 17.3 Å². The Morgan fingerprint density at radius 2 is 1.54 bits per heavy atom. The summed E-state index contributed by atoms with van der Waals surface area (Å²) in [6.45, 7) is 3.21. The molecule has 0 spiro atoms. The van der Waals surface area contributed by atoms with E-state index in [4.69, 9.17) is 4.99 Å². The van der Waals surface area contributed by atoms with E-state index >= 15 is 0 Å². The van der Waals surface area contributed by atoms with Gasteiger partial charge in [0.2, 0.25) is 0 Å². The summed E-state index contributed by atoms with van der Waals surface area (Å²) in [6, 6.07) is 30.2. The molecular formula is C25H21BrN2. The first kappa shape index (κ1) is 17.4. The second-order valence-electron chi connectivity index (χ2n) is 7.57. The minimum Gasteiger partial charge on any atom is -0.347 e. The van der Waals surface area contributed by atoms with Crippen molar-refractivity contribution in [3.63, 3.8) is 0 Å². The first-order chi connectivity index (χ1) is 13.7. The van der Waals surface area contributed by atoms with Crippen molar-refractivity contribution >= 4 is 27.5 Å². The molecule has 0 unspecified atom stereocenters. The molecular weight excluding hydrogens is 408 g/mol. The van der Waals surface area contributed by atoms with Gasteiger partial charge in [-0.15, -0.1) is 0 Å². The molecule has 0 aliphatic carbocycles. The van der Waals surface area contributed by atoms with E-state index in [9.17, 15) is 0 Å². The highest BCUT2D eigenvalue weighted by Crippen LogP contribution is 2.53. The second-order valence-corrected chi connectivity index (χ2v) is 8.48. The summed E-state index contributed by atoms with van der Waals surface area (Å²) >= 11 is 3.56. The molecule has 0 bridgehead atoms. The van der Waals surface area contributed by atoms with E-state index in [0.29, 0.717) is 0 Å². The Kier molecular flexibility index (Phi) is 4.21. The van der Waals surface area contributed by atoms with Crippen LogP contribution >= 0.6 is 15.9 Å². The van der Waals surface area contributed by atoms with Crippen LogP contribution in [-0.2, 0) is 5.41 Å². The third kappa shape index (κ3) is 2.65. The van der Waals surface area contributed by atoms with Gasteiger partial charge in [0.1, 0.15) is 5.84 Å². The van der Waals surface area contributed by atoms with Crippen LogP contribution in [0.1, 0.15) is 29.7 Å². The van der Waals surface area contributed by atoms with Crippen molar-refractivity contribution in [3.8, 4) is 0 Å². The van der Waals surface area contributed by atoms with E-state index in [-0.39, 0.29) is 11.5 Å². The highest BCUT2D eigenvalue weighted by Gasteiger charge is 2.57. The molecule has 2 aliphatic rings. The molecule has 1 saturated heterocycles. The molecule has 0 aromatic heterocycles. The number of benzene rings is 3. The summed E-state index contributed by atoms with van der Waals surface area (Å²) in [6.07, 6.45) is 2.25. The summed E-state index contributed by atoms with van der Waals surface area (Å²) in [5.74, 6) is 1.16. The van der Waals surface area contributed by atoms with Crippen LogP contribution in [0.5, 0.6) is 0 Å². The SMILES string of the molecule is C[C@]1(c2ccccc2)C2=NC(c3ccccc3)=CCN2[C@H]1c1ccc(Br)cc1. The van der Waals surface area contributed by atoms with Gasteiger partial charge in [-0.05, 0) is 41.8 Å². The fraction of sp³-hybridized carbons (Fsp3) is 0.160. The van der Waals surface area contributed by atoms with Gasteiger partial charge in [-0.2, -0.15) is 0 Å². The van der Waals surface area contributed by atoms with Gasteiger partial charge < -0.3 is 4.90 Å². The van der Waals surface area contributed by atoms with Crippen molar-refractivity contribution in [2.45, 2.75) is 18.4 Å². The topological polar surface area (TPSA) is 15.6 Å². The predicted octanol–water partition coefficient (Wildman–Crippen LogP) is 6.22. The third-order valence-corrected chi connectivity index (χ3v) is 6.46. The number of hydrogen-bond acceptors (Lipinski definition) is 2. The van der Waals surface area contributed by atoms with Gasteiger partial charge in [0, 0.05) is 11.0 Å². The Morgan fingerprint density at radius 3 is 2.21 bits per heavy atom. The quantitative estimate of drug-likeness (QED) is 0.483. The monoisotopic (exact) mass is 428 g/mol. The van der Waals surface area contributed by atoms with Gasteiger partial charge in [0.05, 0.1) is 17.2 Å². The third-order valence-electron chi connectivity index (χ3n) is 5.93. The van der Waals surface area contributed by atoms with Gasteiger partial charge in [-0.1, -0.05) is 88.7 Å². The standard InChI is InChI=1S/C25H21BrN2/c1-25(20-10-6-3-7-11-20)23(19-12-14-21(26)15-13-19)28-17-16-22(27-24(25)28)18-8-4-2-5-9-18/h2-16,23H,17H2,1H3/t23-,25+/m0/s1. The molecule has 0 saturated carbocycles. The Bertz CT molecular complexity index is 1050. The number of aliphatic imine (C=N–C) groups is 1. The number of fused-ring (bicyclic) bond motifs is 1. The van der Waals surface area contributed by atoms with E-state index in [1.807, 2.05) is 6.07 Å². The van der Waals surface area contributed by atoms with E-state index in [1.165, 1.54) is 16.7 Å². The number of rotatable bonds is 3. The van der Waals surface area contributed by atoms with Crippen LogP contribution < -0.4 is 0 Å². The molecule has 28 heavy (non-hydrogen) atoms. The van der Waals surface area contributed by atoms with Crippen molar-refractivity contribution in [2.24, 2.45) is 4.99 Å². The number of amidine groups is 1. The van der Waals surface area contributed by atoms with E-state index < -0.39 is 0 Å². The zero-order chi connectivity index (χ0) is 19.1. The van der Waals surface area contributed by atoms with Crippen LogP contribution in [0.2, 0.25) is 0 Å². The Morgan fingerprint density at radius 1 is 0.893 bits per heavy atom. The van der Waals surface area contributed by atoms with Crippen molar-refractivity contribution in [1.29, 1.82) is 0 Å². The van der Waals surface area contributed by atoms with Gasteiger partial charge in [-0.25, -0.2) is 4.99 Å². The molecule has 5 rings (SSSR count). The fourth-order valence-electron chi connectivity index (χ4n) is 4.53. The molecule has 0 radical (unpaired) electrons. The Balaban J connectivity index is 1.61. The fourth-order valence-corrected chi connectivity index (χ4v) is 4.79. The van der Waals surface area contributed by atoms with E-state index in [0.717, 1.165) is 22.6 Å². The molecule has 2 aliphatic heterocycles. The van der Waals surface area contributed by atoms with Crippen LogP contribution in [0.4, 0.5) is 0 Å². The maximum atomic E-state index is 5.14. The second kappa shape index (κ2) is 6.75. The predicted molar refractivity (Wildman–Crippen MR) is 119 cm³/mol. The summed E-state index contributed by atoms with van der Waals surface area (Å²) < 4.78 is 1.11. The molecule has 3 aromatic rings. The van der Waals surface area contributed by atoms with Crippen molar-refractivity contribution in [1.82, 2.24) is 4.90 Å². The van der Waals surface area contributed by atoms with E-state index in [1.54, 1.807) is 0 Å². The molecule has 2 atom stereocenters. The molecule has 138 valence electrons. The summed E-state index contributed by atoms with van der Waals surface area (Å²) in [5.41, 5.74) is 4.74. The molecule has 2 heterocycles. The molecule has 3 heteroatoms. The minimum absolute atomic E-state index is 0.149. The lowest BCUT2D eigenvalue weighted by Gasteiger charge is -2.59. The average molecular weight is 429 g/mol. The van der Waals surface area contributed by atoms with Crippen LogP contribution in [0.3, 0.4) is 0 Å². The lowest BCUT2D eigenvalue weighted by molar-refractivity contribution is 0.167. The Labute approximate surface area is 174 Å². The smallest absolute Gasteiger partial charge is 0.119 e. The molecule has 0 amide bonds. The number of hydrogen-bond donors (Lipinski definition) is 0. The van der Waals surface area contributed by atoms with E-state index in [2.05, 4.69) is 113 Å². The molecule has 0 N–H and O–H groups in total.